The number of rotatable bonds is 7. The third kappa shape index (κ3) is 4.90. The Morgan fingerprint density at radius 1 is 0.951 bits per heavy atom. The summed E-state index contributed by atoms with van der Waals surface area (Å²) >= 11 is 0. The summed E-state index contributed by atoms with van der Waals surface area (Å²) in [5.74, 6) is 6.28. The second-order valence-electron chi connectivity index (χ2n) is 12.8. The number of methoxy groups -OCH3 is 1. The summed E-state index contributed by atoms with van der Waals surface area (Å²) in [4.78, 5) is 17.1. The first-order chi connectivity index (χ1) is 19.8. The topological polar surface area (TPSA) is 70.8 Å². The average molecular weight is 558 g/mol. The monoisotopic (exact) mass is 557 g/mol. The molecule has 0 aliphatic heterocycles. The normalized spacial score (nSPS) is 24.4. The standard InChI is InChI=1S/C35H40FNO4/c1-34(2)15-5-7-29(34)27-18-22(8-12-26(27)28-19-24(39-3)11-13-32(28)36)21-40-25-10-9-23-6-4-16-35(31(23)20-25)17-14-30(35)33(38)41-37/h8-13,18-20,29-30H,4-7,14-17,21,37H2,1-3H3/t29-,30-,35-/m0/s1. The molecule has 5 nitrogen and oxygen atoms in total. The number of carbonyl (C=O) groups is 1. The van der Waals surface area contributed by atoms with Gasteiger partial charge in [0.05, 0.1) is 13.0 Å². The minimum Gasteiger partial charge on any atom is -0.497 e. The Hall–Kier alpha value is -3.38. The van der Waals surface area contributed by atoms with Crippen LogP contribution in [0.2, 0.25) is 0 Å². The van der Waals surface area contributed by atoms with Crippen LogP contribution < -0.4 is 15.4 Å². The molecule has 3 aliphatic rings. The number of aryl methyl sites for hydroxylation is 1. The molecule has 0 radical (unpaired) electrons. The fraction of sp³-hybridized carbons (Fsp3) is 0.457. The van der Waals surface area contributed by atoms with E-state index in [1.165, 1.54) is 22.8 Å². The van der Waals surface area contributed by atoms with E-state index in [4.69, 9.17) is 15.4 Å². The van der Waals surface area contributed by atoms with Crippen LogP contribution in [-0.4, -0.2) is 13.1 Å². The highest BCUT2D eigenvalue weighted by Gasteiger charge is 2.54. The highest BCUT2D eigenvalue weighted by Crippen LogP contribution is 2.56. The van der Waals surface area contributed by atoms with Gasteiger partial charge in [-0.1, -0.05) is 44.5 Å². The van der Waals surface area contributed by atoms with Gasteiger partial charge in [0, 0.05) is 11.0 Å². The largest absolute Gasteiger partial charge is 0.497 e. The van der Waals surface area contributed by atoms with Crippen molar-refractivity contribution in [1.82, 2.24) is 0 Å². The maximum absolute atomic E-state index is 15.1. The zero-order valence-electron chi connectivity index (χ0n) is 24.3. The van der Waals surface area contributed by atoms with Crippen LogP contribution in [0.25, 0.3) is 11.1 Å². The maximum atomic E-state index is 15.1. The number of halogens is 1. The number of carbonyl (C=O) groups excluding carboxylic acids is 1. The van der Waals surface area contributed by atoms with Gasteiger partial charge in [0.25, 0.3) is 0 Å². The van der Waals surface area contributed by atoms with E-state index in [0.29, 0.717) is 23.8 Å². The summed E-state index contributed by atoms with van der Waals surface area (Å²) in [5, 5.41) is 0. The van der Waals surface area contributed by atoms with Crippen molar-refractivity contribution in [2.24, 2.45) is 17.2 Å². The fourth-order valence-electron chi connectivity index (χ4n) is 7.88. The van der Waals surface area contributed by atoms with Crippen LogP contribution in [0.4, 0.5) is 4.39 Å². The van der Waals surface area contributed by atoms with Gasteiger partial charge in [0.1, 0.15) is 23.9 Å². The van der Waals surface area contributed by atoms with E-state index >= 15 is 4.39 Å². The number of hydrogen-bond donors (Lipinski definition) is 1. The van der Waals surface area contributed by atoms with E-state index in [1.807, 2.05) is 18.2 Å². The van der Waals surface area contributed by atoms with Crippen molar-refractivity contribution in [3.63, 3.8) is 0 Å². The molecule has 3 aromatic rings. The molecule has 2 N–H and O–H groups in total. The molecule has 0 saturated heterocycles. The number of hydrogen-bond acceptors (Lipinski definition) is 5. The molecular formula is C35H40FNO4. The summed E-state index contributed by atoms with van der Waals surface area (Å²) in [5.41, 5.74) is 6.13. The van der Waals surface area contributed by atoms with E-state index in [1.54, 1.807) is 19.2 Å². The molecule has 2 saturated carbocycles. The van der Waals surface area contributed by atoms with Crippen LogP contribution in [0.1, 0.15) is 87.0 Å². The molecular weight excluding hydrogens is 517 g/mol. The Balaban J connectivity index is 1.31. The van der Waals surface area contributed by atoms with Gasteiger partial charge in [-0.2, -0.15) is 5.90 Å². The van der Waals surface area contributed by atoms with Gasteiger partial charge < -0.3 is 14.3 Å². The lowest BCUT2D eigenvalue weighted by atomic mass is 9.52. The quantitative estimate of drug-likeness (QED) is 0.301. The first kappa shape index (κ1) is 27.8. The highest BCUT2D eigenvalue weighted by atomic mass is 19.1. The van der Waals surface area contributed by atoms with Crippen molar-refractivity contribution in [3.8, 4) is 22.6 Å². The van der Waals surface area contributed by atoms with Crippen LogP contribution >= 0.6 is 0 Å². The molecule has 1 spiro atoms. The molecule has 216 valence electrons. The SMILES string of the molecule is COc1ccc(F)c(-c2ccc(COc3ccc4c(c3)[C@@]3(CCC4)CC[C@H]3C(=O)ON)cc2[C@@H]2CCCC2(C)C)c1. The van der Waals surface area contributed by atoms with Crippen molar-refractivity contribution >= 4 is 5.97 Å². The molecule has 6 rings (SSSR count). The number of benzene rings is 3. The lowest BCUT2D eigenvalue weighted by Gasteiger charge is -2.51. The average Bonchev–Trinajstić information content (AvgIpc) is 3.33. The van der Waals surface area contributed by atoms with Gasteiger partial charge >= 0.3 is 5.97 Å². The van der Waals surface area contributed by atoms with E-state index in [2.05, 4.69) is 36.9 Å². The minimum absolute atomic E-state index is 0.125. The van der Waals surface area contributed by atoms with Gasteiger partial charge in [0.15, 0.2) is 0 Å². The van der Waals surface area contributed by atoms with Crippen LogP contribution in [0.3, 0.4) is 0 Å². The fourth-order valence-corrected chi connectivity index (χ4v) is 7.88. The van der Waals surface area contributed by atoms with Crippen molar-refractivity contribution in [2.75, 3.05) is 7.11 Å². The van der Waals surface area contributed by atoms with Gasteiger partial charge in [-0.25, -0.2) is 4.39 Å². The van der Waals surface area contributed by atoms with Crippen molar-refractivity contribution in [1.29, 1.82) is 0 Å². The molecule has 0 heterocycles. The first-order valence-electron chi connectivity index (χ1n) is 14.9. The van der Waals surface area contributed by atoms with E-state index in [-0.39, 0.29) is 28.5 Å². The highest BCUT2D eigenvalue weighted by molar-refractivity contribution is 5.76. The molecule has 0 bridgehead atoms. The Bertz CT molecular complexity index is 1470. The lowest BCUT2D eigenvalue weighted by molar-refractivity contribution is -0.157. The summed E-state index contributed by atoms with van der Waals surface area (Å²) < 4.78 is 26.9. The van der Waals surface area contributed by atoms with E-state index in [9.17, 15) is 4.79 Å². The van der Waals surface area contributed by atoms with Gasteiger partial charge in [0.2, 0.25) is 0 Å². The molecule has 6 heteroatoms. The summed E-state index contributed by atoms with van der Waals surface area (Å²) in [6.07, 6.45) is 8.18. The lowest BCUT2D eigenvalue weighted by Crippen LogP contribution is -2.51. The van der Waals surface area contributed by atoms with Crippen molar-refractivity contribution in [3.05, 3.63) is 82.7 Å². The van der Waals surface area contributed by atoms with E-state index < -0.39 is 0 Å². The van der Waals surface area contributed by atoms with E-state index in [0.717, 1.165) is 68.2 Å². The van der Waals surface area contributed by atoms with Crippen LogP contribution in [-0.2, 0) is 28.1 Å². The molecule has 0 aromatic heterocycles. The third-order valence-corrected chi connectivity index (χ3v) is 10.3. The molecule has 3 atom stereocenters. The van der Waals surface area contributed by atoms with Crippen molar-refractivity contribution in [2.45, 2.75) is 83.2 Å². The molecule has 3 aromatic carbocycles. The van der Waals surface area contributed by atoms with Gasteiger partial charge in [-0.05, 0) is 114 Å². The Kier molecular flexibility index (Phi) is 7.31. The zero-order valence-corrected chi connectivity index (χ0v) is 24.3. The number of nitrogens with two attached hydrogens (primary N) is 1. The molecule has 3 aliphatic carbocycles. The molecule has 2 fully saturated rings. The first-order valence-corrected chi connectivity index (χ1v) is 14.9. The molecule has 0 amide bonds. The second-order valence-corrected chi connectivity index (χ2v) is 12.8. The minimum atomic E-state index is -0.314. The number of ether oxygens (including phenoxy) is 2. The van der Waals surface area contributed by atoms with Gasteiger partial charge in [-0.15, -0.1) is 0 Å². The van der Waals surface area contributed by atoms with Crippen LogP contribution in [0, 0.1) is 17.2 Å². The zero-order chi connectivity index (χ0) is 28.8. The Morgan fingerprint density at radius 2 is 1.78 bits per heavy atom. The Labute approximate surface area is 242 Å². The summed E-state index contributed by atoms with van der Waals surface area (Å²) in [6.45, 7) is 5.04. The Morgan fingerprint density at radius 3 is 2.49 bits per heavy atom. The summed E-state index contributed by atoms with van der Waals surface area (Å²) in [7, 11) is 1.61. The molecule has 0 unspecified atom stereocenters. The molecule has 41 heavy (non-hydrogen) atoms. The second kappa shape index (κ2) is 10.8. The van der Waals surface area contributed by atoms with Gasteiger partial charge in [-0.3, -0.25) is 4.79 Å². The third-order valence-electron chi connectivity index (χ3n) is 10.3. The number of fused-ring (bicyclic) bond motifs is 2. The predicted molar refractivity (Wildman–Crippen MR) is 157 cm³/mol. The van der Waals surface area contributed by atoms with Crippen LogP contribution in [0.5, 0.6) is 11.5 Å². The maximum Gasteiger partial charge on any atom is 0.328 e. The smallest absolute Gasteiger partial charge is 0.328 e. The summed E-state index contributed by atoms with van der Waals surface area (Å²) in [6, 6.07) is 17.5. The van der Waals surface area contributed by atoms with Crippen molar-refractivity contribution < 1.29 is 23.5 Å². The predicted octanol–water partition coefficient (Wildman–Crippen LogP) is 7.78. The van der Waals surface area contributed by atoms with Crippen LogP contribution in [0.15, 0.2) is 54.6 Å².